The van der Waals surface area contributed by atoms with Crippen molar-refractivity contribution in [2.75, 3.05) is 13.1 Å². The van der Waals surface area contributed by atoms with Crippen LogP contribution < -0.4 is 5.73 Å². The Labute approximate surface area is 114 Å². The van der Waals surface area contributed by atoms with E-state index in [-0.39, 0.29) is 11.9 Å². The summed E-state index contributed by atoms with van der Waals surface area (Å²) in [6.07, 6.45) is 0.895. The topological polar surface area (TPSA) is 46.3 Å². The molecule has 1 aliphatic heterocycles. The molecular formula is C13H16BrFN2O. The largest absolute Gasteiger partial charge is 0.337 e. The minimum atomic E-state index is -0.421. The van der Waals surface area contributed by atoms with E-state index < -0.39 is 5.82 Å². The van der Waals surface area contributed by atoms with Crippen LogP contribution in [0.3, 0.4) is 0 Å². The van der Waals surface area contributed by atoms with Gasteiger partial charge < -0.3 is 10.6 Å². The van der Waals surface area contributed by atoms with Crippen LogP contribution in [0.1, 0.15) is 23.7 Å². The van der Waals surface area contributed by atoms with Crippen LogP contribution in [0.25, 0.3) is 0 Å². The number of hydrogen-bond donors (Lipinski definition) is 1. The number of likely N-dealkylation sites (tertiary alicyclic amines) is 1. The van der Waals surface area contributed by atoms with Crippen molar-refractivity contribution in [1.82, 2.24) is 4.90 Å². The first-order valence-electron chi connectivity index (χ1n) is 5.99. The van der Waals surface area contributed by atoms with E-state index in [2.05, 4.69) is 22.9 Å². The summed E-state index contributed by atoms with van der Waals surface area (Å²) in [6.45, 7) is 3.31. The van der Waals surface area contributed by atoms with Crippen LogP contribution >= 0.6 is 15.9 Å². The Bertz CT molecular complexity index is 466. The van der Waals surface area contributed by atoms with Gasteiger partial charge >= 0.3 is 0 Å². The maximum atomic E-state index is 13.4. The van der Waals surface area contributed by atoms with Crippen molar-refractivity contribution in [1.29, 1.82) is 0 Å². The highest BCUT2D eigenvalue weighted by molar-refractivity contribution is 9.10. The molecule has 3 nitrogen and oxygen atoms in total. The smallest absolute Gasteiger partial charge is 0.254 e. The van der Waals surface area contributed by atoms with E-state index in [1.807, 2.05) is 0 Å². The summed E-state index contributed by atoms with van der Waals surface area (Å²) in [5.74, 6) is -0.144. The average molecular weight is 315 g/mol. The van der Waals surface area contributed by atoms with Crippen molar-refractivity contribution in [3.8, 4) is 0 Å². The minimum absolute atomic E-state index is 0.00277. The summed E-state index contributed by atoms with van der Waals surface area (Å²) in [6, 6.07) is 4.44. The first kappa shape index (κ1) is 13.5. The molecule has 2 atom stereocenters. The fourth-order valence-electron chi connectivity index (χ4n) is 2.10. The van der Waals surface area contributed by atoms with Gasteiger partial charge in [0.1, 0.15) is 5.82 Å². The van der Waals surface area contributed by atoms with Crippen molar-refractivity contribution in [2.24, 2.45) is 11.7 Å². The molecule has 0 bridgehead atoms. The molecule has 0 aromatic heterocycles. The summed E-state index contributed by atoms with van der Waals surface area (Å²) in [5, 5.41) is 0. The lowest BCUT2D eigenvalue weighted by atomic mass is 9.94. The van der Waals surface area contributed by atoms with Crippen LogP contribution in [0.15, 0.2) is 22.7 Å². The number of halogens is 2. The van der Waals surface area contributed by atoms with E-state index in [0.717, 1.165) is 6.42 Å². The molecule has 0 aliphatic carbocycles. The SMILES string of the molecule is CC1CCN(C(=O)c2ccc(Br)c(F)c2)CC1N. The van der Waals surface area contributed by atoms with E-state index in [4.69, 9.17) is 5.73 Å². The van der Waals surface area contributed by atoms with Crippen molar-refractivity contribution < 1.29 is 9.18 Å². The highest BCUT2D eigenvalue weighted by Gasteiger charge is 2.27. The van der Waals surface area contributed by atoms with Crippen molar-refractivity contribution >= 4 is 21.8 Å². The number of nitrogens with two attached hydrogens (primary N) is 1. The quantitative estimate of drug-likeness (QED) is 0.865. The molecule has 1 aromatic rings. The zero-order valence-electron chi connectivity index (χ0n) is 10.2. The Morgan fingerprint density at radius 3 is 2.89 bits per heavy atom. The molecule has 2 N–H and O–H groups in total. The average Bonchev–Trinajstić information content (AvgIpc) is 2.35. The molecule has 1 aromatic carbocycles. The zero-order chi connectivity index (χ0) is 13.3. The number of carbonyl (C=O) groups is 1. The van der Waals surface area contributed by atoms with Gasteiger partial charge in [-0.15, -0.1) is 0 Å². The first-order chi connectivity index (χ1) is 8.49. The first-order valence-corrected chi connectivity index (χ1v) is 6.78. The van der Waals surface area contributed by atoms with Gasteiger partial charge in [0.2, 0.25) is 0 Å². The van der Waals surface area contributed by atoms with Gasteiger partial charge in [0.25, 0.3) is 5.91 Å². The van der Waals surface area contributed by atoms with Crippen LogP contribution in [0.2, 0.25) is 0 Å². The van der Waals surface area contributed by atoms with Gasteiger partial charge in [0.15, 0.2) is 0 Å². The van der Waals surface area contributed by atoms with Crippen LogP contribution in [0.4, 0.5) is 4.39 Å². The molecule has 1 aliphatic rings. The second-order valence-electron chi connectivity index (χ2n) is 4.81. The van der Waals surface area contributed by atoms with Gasteiger partial charge in [-0.3, -0.25) is 4.79 Å². The number of piperidine rings is 1. The number of hydrogen-bond acceptors (Lipinski definition) is 2. The fraction of sp³-hybridized carbons (Fsp3) is 0.462. The highest BCUT2D eigenvalue weighted by atomic mass is 79.9. The molecule has 2 unspecified atom stereocenters. The summed E-state index contributed by atoms with van der Waals surface area (Å²) in [5.41, 5.74) is 6.34. The molecule has 1 saturated heterocycles. The Balaban J connectivity index is 2.14. The third-order valence-corrected chi connectivity index (χ3v) is 4.11. The summed E-state index contributed by atoms with van der Waals surface area (Å²) < 4.78 is 13.8. The molecule has 1 heterocycles. The van der Waals surface area contributed by atoms with Crippen LogP contribution in [0.5, 0.6) is 0 Å². The van der Waals surface area contributed by atoms with Crippen molar-refractivity contribution in [2.45, 2.75) is 19.4 Å². The third kappa shape index (κ3) is 2.72. The second-order valence-corrected chi connectivity index (χ2v) is 5.66. The standard InChI is InChI=1S/C13H16BrFN2O/c1-8-4-5-17(7-12(8)16)13(18)9-2-3-10(14)11(15)6-9/h2-3,6,8,12H,4-5,7,16H2,1H3. The number of carbonyl (C=O) groups excluding carboxylic acids is 1. The summed E-state index contributed by atoms with van der Waals surface area (Å²) >= 11 is 3.07. The molecule has 0 saturated carbocycles. The van der Waals surface area contributed by atoms with E-state index in [1.54, 1.807) is 17.0 Å². The van der Waals surface area contributed by atoms with Crippen molar-refractivity contribution in [3.05, 3.63) is 34.1 Å². The molecule has 5 heteroatoms. The maximum absolute atomic E-state index is 13.4. The van der Waals surface area contributed by atoms with Gasteiger partial charge in [-0.05, 0) is 46.5 Å². The van der Waals surface area contributed by atoms with E-state index in [0.29, 0.717) is 29.0 Å². The minimum Gasteiger partial charge on any atom is -0.337 e. The Kier molecular flexibility index (Phi) is 4.02. The fourth-order valence-corrected chi connectivity index (χ4v) is 2.34. The maximum Gasteiger partial charge on any atom is 0.254 e. The van der Waals surface area contributed by atoms with Gasteiger partial charge in [-0.25, -0.2) is 4.39 Å². The molecular weight excluding hydrogens is 299 g/mol. The van der Waals surface area contributed by atoms with Crippen LogP contribution in [0, 0.1) is 11.7 Å². The zero-order valence-corrected chi connectivity index (χ0v) is 11.8. The lowest BCUT2D eigenvalue weighted by Crippen LogP contribution is -2.49. The molecule has 0 spiro atoms. The van der Waals surface area contributed by atoms with Crippen molar-refractivity contribution in [3.63, 3.8) is 0 Å². The Hall–Kier alpha value is -0.940. The molecule has 18 heavy (non-hydrogen) atoms. The Morgan fingerprint density at radius 1 is 1.56 bits per heavy atom. The molecule has 0 radical (unpaired) electrons. The van der Waals surface area contributed by atoms with Gasteiger partial charge in [-0.1, -0.05) is 6.92 Å². The van der Waals surface area contributed by atoms with Gasteiger partial charge in [0, 0.05) is 24.7 Å². The monoisotopic (exact) mass is 314 g/mol. The van der Waals surface area contributed by atoms with Crippen LogP contribution in [-0.4, -0.2) is 29.9 Å². The third-order valence-electron chi connectivity index (χ3n) is 3.47. The number of nitrogens with zero attached hydrogens (tertiary/aromatic N) is 1. The number of benzene rings is 1. The summed E-state index contributed by atoms with van der Waals surface area (Å²) in [4.78, 5) is 13.9. The lowest BCUT2D eigenvalue weighted by molar-refractivity contribution is 0.0672. The van der Waals surface area contributed by atoms with E-state index in [1.165, 1.54) is 6.07 Å². The molecule has 2 rings (SSSR count). The molecule has 1 amide bonds. The molecule has 98 valence electrons. The predicted molar refractivity (Wildman–Crippen MR) is 71.8 cm³/mol. The van der Waals surface area contributed by atoms with Gasteiger partial charge in [-0.2, -0.15) is 0 Å². The molecule has 1 fully saturated rings. The number of rotatable bonds is 1. The predicted octanol–water partition coefficient (Wildman–Crippen LogP) is 2.40. The summed E-state index contributed by atoms with van der Waals surface area (Å²) in [7, 11) is 0. The normalized spacial score (nSPS) is 24.1. The van der Waals surface area contributed by atoms with Crippen LogP contribution in [-0.2, 0) is 0 Å². The number of amides is 1. The highest BCUT2D eigenvalue weighted by Crippen LogP contribution is 2.20. The lowest BCUT2D eigenvalue weighted by Gasteiger charge is -2.35. The van der Waals surface area contributed by atoms with E-state index >= 15 is 0 Å². The van der Waals surface area contributed by atoms with E-state index in [9.17, 15) is 9.18 Å². The Morgan fingerprint density at radius 2 is 2.28 bits per heavy atom. The second kappa shape index (κ2) is 5.36. The van der Waals surface area contributed by atoms with Gasteiger partial charge in [0.05, 0.1) is 4.47 Å².